The van der Waals surface area contributed by atoms with Crippen LogP contribution in [0.2, 0.25) is 0 Å². The van der Waals surface area contributed by atoms with Crippen molar-refractivity contribution in [1.29, 1.82) is 0 Å². The van der Waals surface area contributed by atoms with Gasteiger partial charge in [-0.3, -0.25) is 0 Å². The van der Waals surface area contributed by atoms with E-state index in [1.54, 1.807) is 11.3 Å². The van der Waals surface area contributed by atoms with Crippen LogP contribution in [0.4, 0.5) is 0 Å². The summed E-state index contributed by atoms with van der Waals surface area (Å²) in [5, 5.41) is 4.43. The Hall–Kier alpha value is -1.00. The van der Waals surface area contributed by atoms with E-state index < -0.39 is 0 Å². The van der Waals surface area contributed by atoms with Crippen LogP contribution >= 0.6 is 23.6 Å². The Balaban J connectivity index is 1.74. The molecule has 0 atom stereocenters. The molecule has 18 heavy (non-hydrogen) atoms. The first-order chi connectivity index (χ1) is 8.83. The first kappa shape index (κ1) is 12.1. The third kappa shape index (κ3) is 2.54. The van der Waals surface area contributed by atoms with Gasteiger partial charge in [0, 0.05) is 6.04 Å². The van der Waals surface area contributed by atoms with Gasteiger partial charge in [0.25, 0.3) is 0 Å². The number of nitrogens with zero attached hydrogens (tertiary/aromatic N) is 1. The van der Waals surface area contributed by atoms with Crippen LogP contribution < -0.4 is 5.32 Å². The summed E-state index contributed by atoms with van der Waals surface area (Å²) >= 11 is 7.16. The number of hydrogen-bond acceptors (Lipinski definition) is 3. The lowest BCUT2D eigenvalue weighted by atomic mass is 9.95. The smallest absolute Gasteiger partial charge is 0.151 e. The molecule has 2 aromatic rings. The summed E-state index contributed by atoms with van der Waals surface area (Å²) in [6.07, 6.45) is 6.49. The summed E-state index contributed by atoms with van der Waals surface area (Å²) in [5.74, 6) is 0. The quantitative estimate of drug-likeness (QED) is 0.842. The monoisotopic (exact) mass is 276 g/mol. The molecule has 94 valence electrons. The molecule has 1 heterocycles. The van der Waals surface area contributed by atoms with Gasteiger partial charge in [0.15, 0.2) is 5.01 Å². The van der Waals surface area contributed by atoms with Crippen LogP contribution in [0, 0.1) is 0 Å². The van der Waals surface area contributed by atoms with Crippen molar-refractivity contribution in [3.63, 3.8) is 0 Å². The molecule has 0 spiro atoms. The molecule has 1 aliphatic rings. The minimum absolute atomic E-state index is 0.554. The van der Waals surface area contributed by atoms with Crippen molar-refractivity contribution in [2.24, 2.45) is 0 Å². The number of aromatic nitrogens is 1. The van der Waals surface area contributed by atoms with Gasteiger partial charge in [-0.2, -0.15) is 0 Å². The molecule has 0 aliphatic heterocycles. The highest BCUT2D eigenvalue weighted by molar-refractivity contribution is 7.81. The van der Waals surface area contributed by atoms with Gasteiger partial charge in [-0.05, 0) is 25.0 Å². The van der Waals surface area contributed by atoms with Crippen LogP contribution in [0.3, 0.4) is 0 Å². The summed E-state index contributed by atoms with van der Waals surface area (Å²) in [5.41, 5.74) is 1.05. The summed E-state index contributed by atoms with van der Waals surface area (Å²) in [4.78, 5) is 5.42. The number of fused-ring (bicyclic) bond motifs is 1. The molecule has 1 fully saturated rings. The predicted octanol–water partition coefficient (Wildman–Crippen LogP) is 3.89. The standard InChI is InChI=1S/C14H16N2S2/c17-13(15-10-6-2-1-3-7-10)14-16-11-8-4-5-9-12(11)18-14/h4-5,8-10H,1-3,6-7H2,(H,15,17). The third-order valence-corrected chi connectivity index (χ3v) is 4.92. The molecular formula is C14H16N2S2. The zero-order valence-corrected chi connectivity index (χ0v) is 11.8. The van der Waals surface area contributed by atoms with Gasteiger partial charge in [-0.1, -0.05) is 43.6 Å². The number of nitrogens with one attached hydrogen (secondary N) is 1. The average molecular weight is 276 g/mol. The Kier molecular flexibility index (Phi) is 3.57. The van der Waals surface area contributed by atoms with Gasteiger partial charge in [0.05, 0.1) is 10.2 Å². The van der Waals surface area contributed by atoms with Crippen molar-refractivity contribution >= 4 is 38.8 Å². The van der Waals surface area contributed by atoms with Crippen molar-refractivity contribution in [2.45, 2.75) is 38.1 Å². The lowest BCUT2D eigenvalue weighted by Gasteiger charge is -2.23. The highest BCUT2D eigenvalue weighted by atomic mass is 32.1. The summed E-state index contributed by atoms with van der Waals surface area (Å²) in [6.45, 7) is 0. The van der Waals surface area contributed by atoms with Crippen molar-refractivity contribution in [2.75, 3.05) is 0 Å². The molecule has 1 aromatic heterocycles. The zero-order chi connectivity index (χ0) is 12.4. The van der Waals surface area contributed by atoms with Gasteiger partial charge >= 0.3 is 0 Å². The van der Waals surface area contributed by atoms with E-state index in [0.29, 0.717) is 6.04 Å². The Bertz CT molecular complexity index is 523. The third-order valence-electron chi connectivity index (χ3n) is 3.43. The highest BCUT2D eigenvalue weighted by Crippen LogP contribution is 2.23. The fourth-order valence-electron chi connectivity index (χ4n) is 2.46. The molecule has 0 saturated heterocycles. The molecule has 3 rings (SSSR count). The maximum absolute atomic E-state index is 5.48. The molecule has 0 unspecified atom stereocenters. The minimum atomic E-state index is 0.554. The van der Waals surface area contributed by atoms with Crippen molar-refractivity contribution in [3.05, 3.63) is 29.3 Å². The Morgan fingerprint density at radius 1 is 1.22 bits per heavy atom. The van der Waals surface area contributed by atoms with E-state index in [2.05, 4.69) is 16.4 Å². The minimum Gasteiger partial charge on any atom is -0.371 e. The van der Waals surface area contributed by atoms with E-state index in [0.717, 1.165) is 15.5 Å². The van der Waals surface area contributed by atoms with Crippen molar-refractivity contribution in [3.8, 4) is 0 Å². The average Bonchev–Trinajstić information content (AvgIpc) is 2.84. The lowest BCUT2D eigenvalue weighted by molar-refractivity contribution is 0.415. The van der Waals surface area contributed by atoms with E-state index in [4.69, 9.17) is 12.2 Å². The fraction of sp³-hybridized carbons (Fsp3) is 0.429. The van der Waals surface area contributed by atoms with Gasteiger partial charge in [-0.25, -0.2) is 4.98 Å². The van der Waals surface area contributed by atoms with E-state index in [1.165, 1.54) is 36.8 Å². The topological polar surface area (TPSA) is 24.9 Å². The Morgan fingerprint density at radius 3 is 2.78 bits per heavy atom. The summed E-state index contributed by atoms with van der Waals surface area (Å²) < 4.78 is 1.21. The highest BCUT2D eigenvalue weighted by Gasteiger charge is 2.16. The number of para-hydroxylation sites is 1. The second kappa shape index (κ2) is 5.33. The molecular weight excluding hydrogens is 260 g/mol. The van der Waals surface area contributed by atoms with Crippen LogP contribution in [0.1, 0.15) is 37.1 Å². The van der Waals surface area contributed by atoms with Gasteiger partial charge < -0.3 is 5.32 Å². The van der Waals surface area contributed by atoms with Crippen molar-refractivity contribution in [1.82, 2.24) is 10.3 Å². The zero-order valence-electron chi connectivity index (χ0n) is 10.2. The molecule has 1 saturated carbocycles. The number of hydrogen-bond donors (Lipinski definition) is 1. The Morgan fingerprint density at radius 2 is 2.00 bits per heavy atom. The maximum atomic E-state index is 5.48. The Labute approximate surface area is 116 Å². The van der Waals surface area contributed by atoms with E-state index in [-0.39, 0.29) is 0 Å². The lowest BCUT2D eigenvalue weighted by Crippen LogP contribution is -2.35. The van der Waals surface area contributed by atoms with E-state index in [9.17, 15) is 0 Å². The fourth-order valence-corrected chi connectivity index (χ4v) is 3.67. The SMILES string of the molecule is S=C(NC1CCCCC1)c1nc2ccccc2s1. The van der Waals surface area contributed by atoms with Gasteiger partial charge in [0.1, 0.15) is 4.99 Å². The van der Waals surface area contributed by atoms with Crippen LogP contribution in [0.15, 0.2) is 24.3 Å². The summed E-state index contributed by atoms with van der Waals surface area (Å²) in [6, 6.07) is 8.75. The molecule has 4 heteroatoms. The van der Waals surface area contributed by atoms with Gasteiger partial charge in [0.2, 0.25) is 0 Å². The van der Waals surface area contributed by atoms with E-state index in [1.807, 2.05) is 18.2 Å². The van der Waals surface area contributed by atoms with E-state index >= 15 is 0 Å². The van der Waals surface area contributed by atoms with Crippen LogP contribution in [-0.4, -0.2) is 16.0 Å². The van der Waals surface area contributed by atoms with Crippen LogP contribution in [0.5, 0.6) is 0 Å². The molecule has 1 aromatic carbocycles. The summed E-state index contributed by atoms with van der Waals surface area (Å²) in [7, 11) is 0. The molecule has 0 amide bonds. The maximum Gasteiger partial charge on any atom is 0.151 e. The first-order valence-corrected chi connectivity index (χ1v) is 7.72. The second-order valence-electron chi connectivity index (χ2n) is 4.80. The molecule has 0 radical (unpaired) electrons. The number of rotatable bonds is 2. The first-order valence-electron chi connectivity index (χ1n) is 6.49. The normalized spacial score (nSPS) is 16.9. The predicted molar refractivity (Wildman–Crippen MR) is 81.3 cm³/mol. The molecule has 2 nitrogen and oxygen atoms in total. The van der Waals surface area contributed by atoms with Gasteiger partial charge in [-0.15, -0.1) is 11.3 Å². The second-order valence-corrected chi connectivity index (χ2v) is 6.23. The molecule has 0 bridgehead atoms. The number of benzene rings is 1. The molecule has 1 N–H and O–H groups in total. The van der Waals surface area contributed by atoms with Crippen molar-refractivity contribution < 1.29 is 0 Å². The van der Waals surface area contributed by atoms with Crippen LogP contribution in [0.25, 0.3) is 10.2 Å². The van der Waals surface area contributed by atoms with Crippen LogP contribution in [-0.2, 0) is 0 Å². The largest absolute Gasteiger partial charge is 0.371 e. The molecule has 1 aliphatic carbocycles. The number of thiocarbonyl (C=S) groups is 1. The number of thiazole rings is 1.